The maximum atomic E-state index is 15.0. The van der Waals surface area contributed by atoms with Gasteiger partial charge in [0.2, 0.25) is 0 Å². The summed E-state index contributed by atoms with van der Waals surface area (Å²) in [6, 6.07) is 11.4. The van der Waals surface area contributed by atoms with E-state index in [1.165, 1.54) is 27.7 Å². The van der Waals surface area contributed by atoms with E-state index < -0.39 is 5.82 Å². The second-order valence-electron chi connectivity index (χ2n) is 9.94. The molecular weight excluding hydrogens is 505 g/mol. The van der Waals surface area contributed by atoms with Gasteiger partial charge in [0.1, 0.15) is 11.6 Å². The van der Waals surface area contributed by atoms with Gasteiger partial charge in [-0.15, -0.1) is 0 Å². The highest BCUT2D eigenvalue weighted by Crippen LogP contribution is 2.43. The van der Waals surface area contributed by atoms with Gasteiger partial charge in [0.05, 0.1) is 22.4 Å². The molecule has 5 aromatic rings. The molecule has 0 aliphatic carbocycles. The highest BCUT2D eigenvalue weighted by molar-refractivity contribution is 6.32. The monoisotopic (exact) mass is 529 g/mol. The van der Waals surface area contributed by atoms with Gasteiger partial charge in [0.15, 0.2) is 0 Å². The fourth-order valence-electron chi connectivity index (χ4n) is 5.29. The molecule has 0 radical (unpaired) electrons. The molecule has 3 aromatic carbocycles. The van der Waals surface area contributed by atoms with Crippen molar-refractivity contribution in [2.45, 2.75) is 19.8 Å². The minimum atomic E-state index is -0.493. The third-order valence-corrected chi connectivity index (χ3v) is 7.53. The number of nitrogens with zero attached hydrogens (tertiary/aromatic N) is 4. The van der Waals surface area contributed by atoms with Gasteiger partial charge in [0, 0.05) is 54.7 Å². The van der Waals surface area contributed by atoms with Crippen LogP contribution in [0.25, 0.3) is 38.8 Å². The van der Waals surface area contributed by atoms with Crippen molar-refractivity contribution in [3.63, 3.8) is 0 Å². The van der Waals surface area contributed by atoms with Crippen molar-refractivity contribution in [1.29, 1.82) is 0 Å². The van der Waals surface area contributed by atoms with Crippen LogP contribution in [-0.2, 0) is 7.05 Å². The van der Waals surface area contributed by atoms with Gasteiger partial charge in [-0.3, -0.25) is 9.67 Å². The lowest BCUT2D eigenvalue weighted by Gasteiger charge is -2.33. The molecular formula is C29H25ClFN5O2. The Labute approximate surface area is 223 Å². The number of aromatic hydroxyl groups is 1. The molecule has 9 heteroatoms. The van der Waals surface area contributed by atoms with Crippen molar-refractivity contribution in [1.82, 2.24) is 19.3 Å². The number of aromatic nitrogens is 4. The number of anilines is 1. The highest BCUT2D eigenvalue weighted by atomic mass is 35.5. The molecule has 7 nitrogen and oxygen atoms in total. The number of rotatable bonds is 4. The van der Waals surface area contributed by atoms with Crippen molar-refractivity contribution in [2.24, 2.45) is 13.0 Å². The Morgan fingerprint density at radius 1 is 1.11 bits per heavy atom. The van der Waals surface area contributed by atoms with Crippen LogP contribution in [0.15, 0.2) is 53.5 Å². The van der Waals surface area contributed by atoms with Gasteiger partial charge in [-0.05, 0) is 66.3 Å². The Balaban J connectivity index is 1.46. The predicted molar refractivity (Wildman–Crippen MR) is 146 cm³/mol. The van der Waals surface area contributed by atoms with E-state index in [9.17, 15) is 9.90 Å². The third-order valence-electron chi connectivity index (χ3n) is 7.23. The van der Waals surface area contributed by atoms with Crippen molar-refractivity contribution in [2.75, 3.05) is 18.0 Å². The van der Waals surface area contributed by atoms with E-state index in [0.29, 0.717) is 33.9 Å². The summed E-state index contributed by atoms with van der Waals surface area (Å²) in [7, 11) is 1.57. The van der Waals surface area contributed by atoms with E-state index in [0.717, 1.165) is 36.1 Å². The van der Waals surface area contributed by atoms with E-state index >= 15 is 4.39 Å². The summed E-state index contributed by atoms with van der Waals surface area (Å²) in [6.45, 7) is 4.10. The molecule has 1 fully saturated rings. The van der Waals surface area contributed by atoms with Gasteiger partial charge < -0.3 is 10.0 Å². The molecule has 1 atom stereocenters. The molecule has 0 bridgehead atoms. The van der Waals surface area contributed by atoms with Gasteiger partial charge in [-0.1, -0.05) is 24.6 Å². The number of phenols is 1. The largest absolute Gasteiger partial charge is 0.507 e. The molecule has 1 aliphatic rings. The van der Waals surface area contributed by atoms with Crippen LogP contribution in [0.2, 0.25) is 5.02 Å². The van der Waals surface area contributed by atoms with Crippen LogP contribution >= 0.6 is 11.6 Å². The fourth-order valence-corrected chi connectivity index (χ4v) is 5.55. The molecule has 0 amide bonds. The Morgan fingerprint density at radius 2 is 1.89 bits per heavy atom. The van der Waals surface area contributed by atoms with Crippen LogP contribution in [0.3, 0.4) is 0 Å². The Kier molecular flexibility index (Phi) is 5.88. The molecule has 6 rings (SSSR count). The number of benzene rings is 3. The molecule has 1 saturated heterocycles. The van der Waals surface area contributed by atoms with E-state index in [4.69, 9.17) is 11.6 Å². The first-order chi connectivity index (χ1) is 18.3. The van der Waals surface area contributed by atoms with Gasteiger partial charge in [-0.25, -0.2) is 13.8 Å². The summed E-state index contributed by atoms with van der Waals surface area (Å²) in [5.74, 6) is 0.00960. The average molecular weight is 530 g/mol. The SMILES string of the molecule is C[C@H]1CCCN(c2cc(-c3cc(F)cc(-c4ccc(-n5c#cn(C)c5=O)c(Cl)c4)c3O)cc3[nH]ncc23)C1. The minimum absolute atomic E-state index is 0.0659. The summed E-state index contributed by atoms with van der Waals surface area (Å²) in [6.07, 6.45) is 9.50. The summed E-state index contributed by atoms with van der Waals surface area (Å²) < 4.78 is 17.5. The molecule has 2 aromatic heterocycles. The van der Waals surface area contributed by atoms with Gasteiger partial charge >= 0.3 is 5.69 Å². The quantitative estimate of drug-likeness (QED) is 0.312. The van der Waals surface area contributed by atoms with Gasteiger partial charge in [0.25, 0.3) is 0 Å². The maximum Gasteiger partial charge on any atom is 0.347 e. The number of piperidine rings is 1. The van der Waals surface area contributed by atoms with E-state index in [1.807, 2.05) is 12.1 Å². The van der Waals surface area contributed by atoms with Crippen LogP contribution in [0, 0.1) is 24.1 Å². The minimum Gasteiger partial charge on any atom is -0.507 e. The van der Waals surface area contributed by atoms with E-state index in [1.54, 1.807) is 31.4 Å². The zero-order valence-electron chi connectivity index (χ0n) is 20.9. The van der Waals surface area contributed by atoms with Crippen molar-refractivity contribution < 1.29 is 9.50 Å². The topological polar surface area (TPSA) is 79.1 Å². The first-order valence-corrected chi connectivity index (χ1v) is 12.8. The number of aromatic amines is 1. The summed E-state index contributed by atoms with van der Waals surface area (Å²) >= 11 is 6.52. The second kappa shape index (κ2) is 9.26. The van der Waals surface area contributed by atoms with Crippen LogP contribution in [-0.4, -0.2) is 37.5 Å². The lowest BCUT2D eigenvalue weighted by atomic mass is 9.94. The van der Waals surface area contributed by atoms with E-state index in [-0.39, 0.29) is 16.5 Å². The predicted octanol–water partition coefficient (Wildman–Crippen LogP) is 5.72. The van der Waals surface area contributed by atoms with Crippen LogP contribution in [0.5, 0.6) is 5.75 Å². The molecule has 0 unspecified atom stereocenters. The van der Waals surface area contributed by atoms with Crippen molar-refractivity contribution >= 4 is 28.2 Å². The molecule has 0 spiro atoms. The summed E-state index contributed by atoms with van der Waals surface area (Å²) in [5, 5.41) is 19.9. The number of phenolic OH excluding ortho intramolecular Hbond substituents is 1. The maximum absolute atomic E-state index is 15.0. The Morgan fingerprint density at radius 3 is 2.61 bits per heavy atom. The first kappa shape index (κ1) is 24.1. The number of nitrogens with one attached hydrogen (secondary N) is 1. The third kappa shape index (κ3) is 4.09. The lowest BCUT2D eigenvalue weighted by molar-refractivity contribution is 0.447. The molecule has 38 heavy (non-hydrogen) atoms. The number of hydrogen-bond donors (Lipinski definition) is 2. The molecule has 1 aliphatic heterocycles. The lowest BCUT2D eigenvalue weighted by Crippen LogP contribution is -2.34. The second-order valence-corrected chi connectivity index (χ2v) is 10.3. The molecule has 3 heterocycles. The normalized spacial score (nSPS) is 15.7. The smallest absolute Gasteiger partial charge is 0.347 e. The molecule has 2 N–H and O–H groups in total. The first-order valence-electron chi connectivity index (χ1n) is 12.4. The van der Waals surface area contributed by atoms with Crippen LogP contribution in [0.1, 0.15) is 19.8 Å². The van der Waals surface area contributed by atoms with E-state index in [2.05, 4.69) is 34.4 Å². The number of hydrogen-bond acceptors (Lipinski definition) is 4. The van der Waals surface area contributed by atoms with Gasteiger partial charge in [-0.2, -0.15) is 5.10 Å². The Bertz CT molecular complexity index is 1740. The zero-order valence-corrected chi connectivity index (χ0v) is 21.7. The van der Waals surface area contributed by atoms with Crippen molar-refractivity contribution in [3.05, 3.63) is 82.4 Å². The van der Waals surface area contributed by atoms with Crippen molar-refractivity contribution in [3.8, 4) is 33.7 Å². The average Bonchev–Trinajstić information content (AvgIpc) is 3.51. The zero-order chi connectivity index (χ0) is 26.6. The number of H-pyrrole nitrogens is 1. The standard InChI is InChI=1S/C29H25ClFN5O2/c1-17-4-3-7-35(16-17)27-12-19(11-25-23(27)15-32-33-25)22-14-20(31)13-21(28(22)37)18-5-6-26(24(30)10-18)36-9-8-34(2)29(36)38/h5-6,10-15,17,37H,3-4,7,16H2,1-2H3,(H,32,33)/t17-/m0/s1. The van der Waals surface area contributed by atoms with Crippen LogP contribution in [0.4, 0.5) is 10.1 Å². The number of halogens is 2. The van der Waals surface area contributed by atoms with Crippen LogP contribution < -0.4 is 10.6 Å². The number of fused-ring (bicyclic) bond motifs is 1. The summed E-state index contributed by atoms with van der Waals surface area (Å²) in [4.78, 5) is 14.7. The molecule has 192 valence electrons. The Hall–Kier alpha value is -4.22. The summed E-state index contributed by atoms with van der Waals surface area (Å²) in [5.41, 5.74) is 3.75. The molecule has 0 saturated carbocycles. The highest BCUT2D eigenvalue weighted by Gasteiger charge is 2.22. The fraction of sp³-hybridized carbons (Fsp3) is 0.241.